The fraction of sp³-hybridized carbons (Fsp3) is 0.529. The highest BCUT2D eigenvalue weighted by molar-refractivity contribution is 7.15. The highest BCUT2D eigenvalue weighted by Crippen LogP contribution is 2.32. The number of aryl methyl sites for hydroxylation is 1. The van der Waals surface area contributed by atoms with Gasteiger partial charge in [0.2, 0.25) is 11.8 Å². The first kappa shape index (κ1) is 17.0. The average molecular weight is 375 g/mol. The Kier molecular flexibility index (Phi) is 4.39. The van der Waals surface area contributed by atoms with Crippen molar-refractivity contribution in [2.24, 2.45) is 13.0 Å². The molecular formula is C17H21N5O3S. The number of thiazole rings is 1. The lowest BCUT2D eigenvalue weighted by molar-refractivity contribution is -0.122. The summed E-state index contributed by atoms with van der Waals surface area (Å²) in [6.07, 6.45) is 5.41. The lowest BCUT2D eigenvalue weighted by Gasteiger charge is -2.25. The second kappa shape index (κ2) is 6.71. The summed E-state index contributed by atoms with van der Waals surface area (Å²) >= 11 is 1.46. The van der Waals surface area contributed by atoms with Gasteiger partial charge in [0.25, 0.3) is 5.91 Å². The van der Waals surface area contributed by atoms with Gasteiger partial charge in [-0.3, -0.25) is 14.3 Å². The summed E-state index contributed by atoms with van der Waals surface area (Å²) in [6, 6.07) is 0. The predicted molar refractivity (Wildman–Crippen MR) is 96.3 cm³/mol. The SMILES string of the molecule is COc1nn(C)cc1C(=O)N1CCc2nc(NC(=O)C3CCC3)sc2C1. The average Bonchev–Trinajstić information content (AvgIpc) is 3.13. The molecule has 2 aliphatic rings. The maximum absolute atomic E-state index is 12.8. The Hall–Kier alpha value is -2.42. The minimum Gasteiger partial charge on any atom is -0.479 e. The zero-order valence-corrected chi connectivity index (χ0v) is 15.6. The van der Waals surface area contributed by atoms with Crippen LogP contribution in [0.1, 0.15) is 40.2 Å². The number of carbonyl (C=O) groups excluding carboxylic acids is 2. The monoisotopic (exact) mass is 375 g/mol. The summed E-state index contributed by atoms with van der Waals surface area (Å²) < 4.78 is 6.77. The Balaban J connectivity index is 1.47. The minimum absolute atomic E-state index is 0.0652. The number of carbonyl (C=O) groups is 2. The molecule has 1 aliphatic heterocycles. The summed E-state index contributed by atoms with van der Waals surface area (Å²) in [6.45, 7) is 1.08. The molecule has 8 nitrogen and oxygen atoms in total. The van der Waals surface area contributed by atoms with Gasteiger partial charge >= 0.3 is 0 Å². The number of ether oxygens (including phenoxy) is 1. The number of nitrogens with one attached hydrogen (secondary N) is 1. The number of hydrogen-bond donors (Lipinski definition) is 1. The zero-order chi connectivity index (χ0) is 18.3. The van der Waals surface area contributed by atoms with Crippen molar-refractivity contribution < 1.29 is 14.3 Å². The summed E-state index contributed by atoms with van der Waals surface area (Å²) in [5.74, 6) is 0.428. The molecule has 3 heterocycles. The summed E-state index contributed by atoms with van der Waals surface area (Å²) in [5.41, 5.74) is 1.43. The molecule has 2 aromatic heterocycles. The molecule has 0 saturated heterocycles. The number of rotatable bonds is 4. The number of amides is 2. The Morgan fingerprint density at radius 2 is 2.19 bits per heavy atom. The Bertz CT molecular complexity index is 855. The third-order valence-corrected chi connectivity index (χ3v) is 5.94. The molecule has 1 N–H and O–H groups in total. The molecule has 1 saturated carbocycles. The predicted octanol–water partition coefficient (Wildman–Crippen LogP) is 1.82. The van der Waals surface area contributed by atoms with Gasteiger partial charge in [0.05, 0.1) is 19.3 Å². The summed E-state index contributed by atoms with van der Waals surface area (Å²) in [7, 11) is 3.27. The second-order valence-corrected chi connectivity index (χ2v) is 7.79. The molecule has 26 heavy (non-hydrogen) atoms. The van der Waals surface area contributed by atoms with E-state index in [0.717, 1.165) is 29.8 Å². The molecule has 2 aromatic rings. The molecule has 138 valence electrons. The smallest absolute Gasteiger partial charge is 0.261 e. The van der Waals surface area contributed by atoms with Crippen LogP contribution in [-0.2, 0) is 24.8 Å². The van der Waals surface area contributed by atoms with Crippen molar-refractivity contribution in [1.82, 2.24) is 19.7 Å². The Morgan fingerprint density at radius 1 is 1.38 bits per heavy atom. The molecule has 0 spiro atoms. The minimum atomic E-state index is -0.103. The molecule has 2 amide bonds. The van der Waals surface area contributed by atoms with Gasteiger partial charge in [-0.25, -0.2) is 4.98 Å². The van der Waals surface area contributed by atoms with Gasteiger partial charge < -0.3 is 15.0 Å². The van der Waals surface area contributed by atoms with Crippen LogP contribution in [0.25, 0.3) is 0 Å². The summed E-state index contributed by atoms with van der Waals surface area (Å²) in [4.78, 5) is 32.3. The van der Waals surface area contributed by atoms with Crippen molar-refractivity contribution in [2.75, 3.05) is 19.0 Å². The highest BCUT2D eigenvalue weighted by Gasteiger charge is 2.29. The standard InChI is InChI=1S/C17H21N5O3S/c1-21-8-11(15(20-21)25-2)16(24)22-7-6-12-13(9-22)26-17(18-12)19-14(23)10-4-3-5-10/h8,10H,3-7,9H2,1-2H3,(H,18,19,23). The van der Waals surface area contributed by atoms with Gasteiger partial charge in [0.1, 0.15) is 5.56 Å². The van der Waals surface area contributed by atoms with Crippen molar-refractivity contribution in [1.29, 1.82) is 0 Å². The number of hydrogen-bond acceptors (Lipinski definition) is 6. The van der Waals surface area contributed by atoms with Crippen LogP contribution in [0, 0.1) is 5.92 Å². The normalized spacial score (nSPS) is 16.8. The van der Waals surface area contributed by atoms with Crippen molar-refractivity contribution >= 4 is 28.3 Å². The zero-order valence-electron chi connectivity index (χ0n) is 14.8. The lowest BCUT2D eigenvalue weighted by Crippen LogP contribution is -2.35. The fourth-order valence-electron chi connectivity index (χ4n) is 3.24. The van der Waals surface area contributed by atoms with E-state index >= 15 is 0 Å². The summed E-state index contributed by atoms with van der Waals surface area (Å²) in [5, 5.41) is 7.72. The molecule has 9 heteroatoms. The first-order valence-electron chi connectivity index (χ1n) is 8.71. The number of nitrogens with zero attached hydrogens (tertiary/aromatic N) is 4. The Morgan fingerprint density at radius 3 is 2.88 bits per heavy atom. The van der Waals surface area contributed by atoms with Crippen LogP contribution in [0.15, 0.2) is 6.20 Å². The molecule has 0 atom stereocenters. The van der Waals surface area contributed by atoms with Gasteiger partial charge in [0, 0.05) is 37.0 Å². The molecule has 0 radical (unpaired) electrons. The van der Waals surface area contributed by atoms with Crippen LogP contribution in [0.4, 0.5) is 5.13 Å². The number of fused-ring (bicyclic) bond motifs is 1. The van der Waals surface area contributed by atoms with Gasteiger partial charge in [-0.2, -0.15) is 0 Å². The molecule has 0 bridgehead atoms. The maximum atomic E-state index is 12.8. The molecular weight excluding hydrogens is 354 g/mol. The molecule has 0 unspecified atom stereocenters. The lowest BCUT2D eigenvalue weighted by atomic mass is 9.85. The topological polar surface area (TPSA) is 89.3 Å². The second-order valence-electron chi connectivity index (χ2n) is 6.71. The third-order valence-electron chi connectivity index (χ3n) is 4.94. The van der Waals surface area contributed by atoms with Crippen LogP contribution >= 0.6 is 11.3 Å². The Labute approximate surface area is 155 Å². The molecule has 1 fully saturated rings. The quantitative estimate of drug-likeness (QED) is 0.880. The van der Waals surface area contributed by atoms with E-state index < -0.39 is 0 Å². The van der Waals surface area contributed by atoms with Crippen LogP contribution in [-0.4, -0.2) is 45.1 Å². The van der Waals surface area contributed by atoms with E-state index in [1.165, 1.54) is 18.4 Å². The fourth-order valence-corrected chi connectivity index (χ4v) is 4.26. The van der Waals surface area contributed by atoms with E-state index in [0.29, 0.717) is 36.1 Å². The van der Waals surface area contributed by atoms with Gasteiger partial charge in [-0.1, -0.05) is 17.8 Å². The molecule has 4 rings (SSSR count). The molecule has 0 aromatic carbocycles. The van der Waals surface area contributed by atoms with Gasteiger partial charge in [-0.15, -0.1) is 5.10 Å². The van der Waals surface area contributed by atoms with Gasteiger partial charge in [0.15, 0.2) is 5.13 Å². The first-order chi connectivity index (χ1) is 12.5. The van der Waals surface area contributed by atoms with E-state index in [2.05, 4.69) is 15.4 Å². The van der Waals surface area contributed by atoms with E-state index in [4.69, 9.17) is 4.74 Å². The molecule has 1 aliphatic carbocycles. The number of methoxy groups -OCH3 is 1. The van der Waals surface area contributed by atoms with E-state index in [1.54, 1.807) is 22.8 Å². The van der Waals surface area contributed by atoms with Crippen molar-refractivity contribution in [3.05, 3.63) is 22.3 Å². The first-order valence-corrected chi connectivity index (χ1v) is 9.53. The van der Waals surface area contributed by atoms with Crippen LogP contribution in [0.2, 0.25) is 0 Å². The van der Waals surface area contributed by atoms with E-state index in [-0.39, 0.29) is 17.7 Å². The van der Waals surface area contributed by atoms with Crippen LogP contribution in [0.3, 0.4) is 0 Å². The van der Waals surface area contributed by atoms with Gasteiger partial charge in [-0.05, 0) is 12.8 Å². The third kappa shape index (κ3) is 3.07. The number of aromatic nitrogens is 3. The van der Waals surface area contributed by atoms with Crippen molar-refractivity contribution in [2.45, 2.75) is 32.2 Å². The van der Waals surface area contributed by atoms with Crippen molar-refractivity contribution in [3.8, 4) is 5.88 Å². The van der Waals surface area contributed by atoms with Crippen molar-refractivity contribution in [3.63, 3.8) is 0 Å². The maximum Gasteiger partial charge on any atom is 0.261 e. The van der Waals surface area contributed by atoms with Crippen LogP contribution < -0.4 is 10.1 Å². The van der Waals surface area contributed by atoms with E-state index in [1.807, 2.05) is 0 Å². The van der Waals surface area contributed by atoms with E-state index in [9.17, 15) is 9.59 Å². The highest BCUT2D eigenvalue weighted by atomic mass is 32.1. The largest absolute Gasteiger partial charge is 0.479 e. The number of anilines is 1. The van der Waals surface area contributed by atoms with Crippen LogP contribution in [0.5, 0.6) is 5.88 Å².